The van der Waals surface area contributed by atoms with Crippen LogP contribution >= 0.6 is 0 Å². The van der Waals surface area contributed by atoms with Crippen molar-refractivity contribution < 1.29 is 19.4 Å². The number of aromatic amines is 2. The van der Waals surface area contributed by atoms with Gasteiger partial charge in [0, 0.05) is 36.7 Å². The first kappa shape index (κ1) is 37.3. The second-order valence-corrected chi connectivity index (χ2v) is 19.8. The molecule has 0 fully saturated rings. The van der Waals surface area contributed by atoms with Gasteiger partial charge < -0.3 is 29.9 Å². The normalized spacial score (nSPS) is 12.7. The summed E-state index contributed by atoms with van der Waals surface area (Å²) in [6.07, 6.45) is -0.124. The number of amides is 1. The fourth-order valence-corrected chi connectivity index (χ4v) is 7.73. The maximum atomic E-state index is 13.1. The van der Waals surface area contributed by atoms with E-state index < -0.39 is 14.4 Å². The van der Waals surface area contributed by atoms with E-state index in [4.69, 9.17) is 4.43 Å². The second-order valence-electron chi connectivity index (χ2n) is 15.0. The first-order valence-corrected chi connectivity index (χ1v) is 20.7. The number of fused-ring (bicyclic) bond motifs is 2. The molecule has 11 nitrogen and oxygen atoms in total. The molecule has 0 aliphatic rings. The summed E-state index contributed by atoms with van der Waals surface area (Å²) >= 11 is 0. The number of nitrogens with zero attached hydrogens (tertiary/aromatic N) is 1. The van der Waals surface area contributed by atoms with Gasteiger partial charge in [0.15, 0.2) is 8.32 Å². The third kappa shape index (κ3) is 8.46. The highest BCUT2D eigenvalue weighted by molar-refractivity contribution is 6.74. The smallest absolute Gasteiger partial charge is 0.409 e. The van der Waals surface area contributed by atoms with Crippen molar-refractivity contribution in [3.63, 3.8) is 0 Å². The lowest BCUT2D eigenvalue weighted by atomic mass is 9.99. The Morgan fingerprint density at radius 2 is 1.68 bits per heavy atom. The molecule has 276 valence electrons. The summed E-state index contributed by atoms with van der Waals surface area (Å²) in [5.41, 5.74) is 6.58. The lowest BCUT2D eigenvalue weighted by Crippen LogP contribution is -2.43. The number of aromatic hydroxyl groups is 1. The lowest BCUT2D eigenvalue weighted by molar-refractivity contribution is 0.181. The van der Waals surface area contributed by atoms with Crippen LogP contribution in [0, 0.1) is 0 Å². The van der Waals surface area contributed by atoms with Crippen LogP contribution in [0.5, 0.6) is 5.75 Å². The monoisotopic (exact) mass is 733 g/mol. The van der Waals surface area contributed by atoms with Crippen LogP contribution in [-0.2, 0) is 23.9 Å². The molecule has 6 aromatic rings. The van der Waals surface area contributed by atoms with Gasteiger partial charge in [-0.2, -0.15) is 0 Å². The predicted molar refractivity (Wildman–Crippen MR) is 213 cm³/mol. The van der Waals surface area contributed by atoms with E-state index in [1.807, 2.05) is 72.8 Å². The van der Waals surface area contributed by atoms with Gasteiger partial charge in [-0.25, -0.2) is 9.59 Å². The summed E-state index contributed by atoms with van der Waals surface area (Å²) in [6.45, 7) is 12.5. The number of pyridine rings is 1. The first-order chi connectivity index (χ1) is 25.2. The van der Waals surface area contributed by atoms with Crippen molar-refractivity contribution in [3.8, 4) is 16.9 Å². The molecule has 6 N–H and O–H groups in total. The SMILES string of the molecule is CC(C)(C)[Si](C)(C)OC(CNCc1ccc2c(c1)[nH]c(=O)n2CCCc1ccc(-c2ccccc2)c(NC(=O)O)c1)c1ccc(O)c2[nH]c(=O)ccc12. The van der Waals surface area contributed by atoms with Crippen LogP contribution in [0.4, 0.5) is 10.5 Å². The van der Waals surface area contributed by atoms with Crippen molar-refractivity contribution in [1.29, 1.82) is 0 Å². The number of carboxylic acid groups (broad SMARTS) is 1. The Morgan fingerprint density at radius 1 is 0.925 bits per heavy atom. The van der Waals surface area contributed by atoms with Crippen LogP contribution in [0.2, 0.25) is 18.1 Å². The van der Waals surface area contributed by atoms with Gasteiger partial charge in [-0.1, -0.05) is 75.4 Å². The van der Waals surface area contributed by atoms with Crippen molar-refractivity contribution in [2.75, 3.05) is 11.9 Å². The molecule has 1 amide bonds. The topological polar surface area (TPSA) is 161 Å². The number of hydrogen-bond donors (Lipinski definition) is 6. The van der Waals surface area contributed by atoms with Gasteiger partial charge in [0.2, 0.25) is 5.56 Å². The predicted octanol–water partition coefficient (Wildman–Crippen LogP) is 8.12. The molecule has 1 atom stereocenters. The highest BCUT2D eigenvalue weighted by Crippen LogP contribution is 2.41. The van der Waals surface area contributed by atoms with Crippen LogP contribution in [0.3, 0.4) is 0 Å². The van der Waals surface area contributed by atoms with E-state index in [9.17, 15) is 24.6 Å². The first-order valence-electron chi connectivity index (χ1n) is 17.8. The standard InChI is InChI=1S/C41H47N5O6Si/c1-41(2,3)53(4,5)52-36(30-16-19-35(47)38-31(30)17-20-37(48)45-38)25-42-24-27-14-18-34-33(23-27)43-39(49)46(34)21-9-10-26-13-15-29(28-11-7-6-8-12-28)32(22-26)44-40(50)51/h6-8,11-20,22-23,36,42,44,47H,9-10,21,24-25H2,1-5H3,(H,43,49)(H,45,48)(H,50,51). The fraction of sp³-hybridized carbons (Fsp3) is 0.293. The highest BCUT2D eigenvalue weighted by Gasteiger charge is 2.39. The summed E-state index contributed by atoms with van der Waals surface area (Å²) in [7, 11) is -2.23. The largest absolute Gasteiger partial charge is 0.506 e. The number of hydrogen-bond acceptors (Lipinski definition) is 6. The van der Waals surface area contributed by atoms with E-state index in [0.717, 1.165) is 44.2 Å². The van der Waals surface area contributed by atoms with E-state index >= 15 is 0 Å². The molecule has 0 bridgehead atoms. The van der Waals surface area contributed by atoms with Crippen LogP contribution in [0.15, 0.2) is 101 Å². The zero-order chi connectivity index (χ0) is 37.9. The maximum absolute atomic E-state index is 13.1. The van der Waals surface area contributed by atoms with E-state index in [0.29, 0.717) is 43.7 Å². The molecule has 2 aromatic heterocycles. The molecule has 0 saturated heterocycles. The zero-order valence-electron chi connectivity index (χ0n) is 30.7. The van der Waals surface area contributed by atoms with Gasteiger partial charge >= 0.3 is 11.8 Å². The number of aromatic nitrogens is 3. The summed E-state index contributed by atoms with van der Waals surface area (Å²) in [6, 6.07) is 28.0. The van der Waals surface area contributed by atoms with Gasteiger partial charge in [0.25, 0.3) is 0 Å². The Hall–Kier alpha value is -5.43. The van der Waals surface area contributed by atoms with Crippen molar-refractivity contribution in [3.05, 3.63) is 129 Å². The number of imidazole rings is 1. The number of H-pyrrole nitrogens is 2. The number of rotatable bonds is 13. The average Bonchev–Trinajstić information content (AvgIpc) is 3.41. The molecule has 1 unspecified atom stereocenters. The van der Waals surface area contributed by atoms with Gasteiger partial charge in [-0.3, -0.25) is 14.7 Å². The van der Waals surface area contributed by atoms with Crippen LogP contribution in [-0.4, -0.2) is 45.7 Å². The van der Waals surface area contributed by atoms with E-state index in [1.54, 1.807) is 16.7 Å². The van der Waals surface area contributed by atoms with Crippen molar-refractivity contribution in [2.45, 2.75) is 70.9 Å². The lowest BCUT2D eigenvalue weighted by Gasteiger charge is -2.39. The fourth-order valence-electron chi connectivity index (χ4n) is 6.45. The molecule has 0 radical (unpaired) electrons. The third-order valence-electron chi connectivity index (χ3n) is 10.3. The summed E-state index contributed by atoms with van der Waals surface area (Å²) < 4.78 is 8.68. The molecule has 0 saturated carbocycles. The van der Waals surface area contributed by atoms with Crippen LogP contribution in [0.1, 0.15) is 50.0 Å². The molecule has 0 spiro atoms. The Bertz CT molecular complexity index is 2380. The Morgan fingerprint density at radius 3 is 2.42 bits per heavy atom. The zero-order valence-corrected chi connectivity index (χ0v) is 31.7. The molecular weight excluding hydrogens is 687 g/mol. The van der Waals surface area contributed by atoms with Crippen molar-refractivity contribution in [2.24, 2.45) is 0 Å². The minimum absolute atomic E-state index is 0.00869. The summed E-state index contributed by atoms with van der Waals surface area (Å²) in [4.78, 5) is 42.4. The molecule has 4 aromatic carbocycles. The van der Waals surface area contributed by atoms with Gasteiger partial charge in [0.1, 0.15) is 5.75 Å². The highest BCUT2D eigenvalue weighted by atomic mass is 28.4. The van der Waals surface area contributed by atoms with Gasteiger partial charge in [-0.05, 0) is 83.6 Å². The Balaban J connectivity index is 1.15. The van der Waals surface area contributed by atoms with Crippen LogP contribution in [0.25, 0.3) is 33.1 Å². The van der Waals surface area contributed by atoms with Crippen LogP contribution < -0.4 is 21.9 Å². The number of anilines is 1. The number of nitrogens with one attached hydrogen (secondary N) is 4. The number of carbonyl (C=O) groups is 1. The number of phenols is 1. The minimum Gasteiger partial charge on any atom is -0.506 e. The number of phenolic OH excluding ortho intramolecular Hbond substituents is 1. The maximum Gasteiger partial charge on any atom is 0.409 e. The molecular formula is C41H47N5O6Si. The van der Waals surface area contributed by atoms with Crippen molar-refractivity contribution in [1.82, 2.24) is 19.9 Å². The second kappa shape index (κ2) is 15.3. The van der Waals surface area contributed by atoms with Crippen molar-refractivity contribution >= 4 is 42.0 Å². The minimum atomic E-state index is -2.23. The molecule has 0 aliphatic heterocycles. The van der Waals surface area contributed by atoms with Gasteiger partial charge in [0.05, 0.1) is 28.3 Å². The van der Waals surface area contributed by atoms with E-state index in [2.05, 4.69) is 54.5 Å². The molecule has 6 rings (SSSR count). The Kier molecular flexibility index (Phi) is 10.8. The molecule has 2 heterocycles. The Labute approximate surface area is 308 Å². The molecule has 0 aliphatic carbocycles. The third-order valence-corrected chi connectivity index (χ3v) is 14.7. The van der Waals surface area contributed by atoms with E-state index in [-0.39, 0.29) is 28.1 Å². The summed E-state index contributed by atoms with van der Waals surface area (Å²) in [5.74, 6) is 0.00869. The number of aryl methyl sites for hydroxylation is 2. The average molecular weight is 734 g/mol. The van der Waals surface area contributed by atoms with E-state index in [1.165, 1.54) is 6.07 Å². The molecule has 12 heteroatoms. The molecule has 53 heavy (non-hydrogen) atoms. The quantitative estimate of drug-likeness (QED) is 0.0654. The van der Waals surface area contributed by atoms with Gasteiger partial charge in [-0.15, -0.1) is 0 Å². The number of benzene rings is 4. The summed E-state index contributed by atoms with van der Waals surface area (Å²) in [5, 5.41) is 26.7.